The Bertz CT molecular complexity index is 1010. The van der Waals surface area contributed by atoms with E-state index in [4.69, 9.17) is 4.43 Å². The molecule has 0 aromatic heterocycles. The number of rotatable bonds is 4. The van der Waals surface area contributed by atoms with Crippen LogP contribution in [0.4, 0.5) is 22.0 Å². The van der Waals surface area contributed by atoms with Crippen LogP contribution in [0.15, 0.2) is 0 Å². The highest BCUT2D eigenvalue weighted by molar-refractivity contribution is 6.84. The van der Waals surface area contributed by atoms with Gasteiger partial charge in [0.2, 0.25) is 14.1 Å². The van der Waals surface area contributed by atoms with Crippen molar-refractivity contribution in [2.24, 2.45) is 46.3 Å². The van der Waals surface area contributed by atoms with Gasteiger partial charge in [-0.1, -0.05) is 0 Å². The Hall–Kier alpha value is -0.953. The average Bonchev–Trinajstić information content (AvgIpc) is 2.77. The minimum atomic E-state index is -3.47. The summed E-state index contributed by atoms with van der Waals surface area (Å²) in [7, 11) is -3.47. The first-order valence-corrected chi connectivity index (χ1v) is 16.6. The van der Waals surface area contributed by atoms with Gasteiger partial charge in [0, 0.05) is 10.6 Å². The molecule has 7 heteroatoms. The minimum absolute atomic E-state index is 0.00784. The summed E-state index contributed by atoms with van der Waals surface area (Å²) in [6.07, 6.45) is 13.3. The van der Waals surface area contributed by atoms with Gasteiger partial charge in [0.1, 0.15) is 0 Å². The van der Waals surface area contributed by atoms with Gasteiger partial charge in [-0.05, 0) is 125 Å². The second-order valence-electron chi connectivity index (χ2n) is 14.0. The zero-order valence-corrected chi connectivity index (χ0v) is 21.6. The summed E-state index contributed by atoms with van der Waals surface area (Å²) in [5, 5.41) is -0.691. The van der Waals surface area contributed by atoms with Crippen LogP contribution in [0.2, 0.25) is 13.1 Å². The van der Waals surface area contributed by atoms with Crippen molar-refractivity contribution >= 4 is 13.5 Å². The molecule has 8 aliphatic rings. The monoisotopic (exact) mass is 510 g/mol. The van der Waals surface area contributed by atoms with E-state index in [-0.39, 0.29) is 16.9 Å². The molecule has 8 aliphatic carbocycles. The summed E-state index contributed by atoms with van der Waals surface area (Å²) in [4.78, 5) is 0. The van der Waals surface area contributed by atoms with Crippen LogP contribution in [-0.2, 0) is 4.43 Å². The summed E-state index contributed by atoms with van der Waals surface area (Å²) in [6, 6.07) is 0. The van der Waals surface area contributed by atoms with Gasteiger partial charge < -0.3 is 4.43 Å². The predicted octanol–water partition coefficient (Wildman–Crippen LogP) is 7.22. The van der Waals surface area contributed by atoms with Gasteiger partial charge in [0.15, 0.2) is 23.3 Å². The molecule has 8 bridgehead atoms. The first-order valence-electron chi connectivity index (χ1n) is 13.7. The van der Waals surface area contributed by atoms with E-state index in [1.807, 2.05) is 0 Å². The number of benzene rings is 1. The maximum Gasteiger partial charge on any atom is 0.225 e. The lowest BCUT2D eigenvalue weighted by atomic mass is 9.34. The van der Waals surface area contributed by atoms with Gasteiger partial charge in [-0.2, -0.15) is 0 Å². The van der Waals surface area contributed by atoms with Crippen LogP contribution in [0.5, 0.6) is 0 Å². The van der Waals surface area contributed by atoms with E-state index < -0.39 is 42.6 Å². The summed E-state index contributed by atoms with van der Waals surface area (Å²) in [6.45, 7) is 3.26. The third kappa shape index (κ3) is 3.06. The molecule has 0 amide bonds. The van der Waals surface area contributed by atoms with Crippen molar-refractivity contribution in [3.05, 3.63) is 29.1 Å². The highest BCUT2D eigenvalue weighted by Crippen LogP contribution is 2.75. The van der Waals surface area contributed by atoms with Crippen LogP contribution in [0.1, 0.15) is 70.6 Å². The SMILES string of the molecule is C[Si](C)(OC1C2CC3CC(C2)CC1(C12CC4CC(CC(C4)C1)C2)C3)c1c(F)c(F)c(F)c(F)c1F. The number of halogens is 5. The number of hydrogen-bond donors (Lipinski definition) is 0. The zero-order valence-electron chi connectivity index (χ0n) is 20.6. The van der Waals surface area contributed by atoms with Crippen LogP contribution >= 0.6 is 0 Å². The molecular formula is C28H35F5OSi. The smallest absolute Gasteiger partial charge is 0.225 e. The quantitative estimate of drug-likeness (QED) is 0.180. The Morgan fingerprint density at radius 1 is 0.600 bits per heavy atom. The molecule has 0 N–H and O–H groups in total. The molecule has 3 unspecified atom stereocenters. The summed E-state index contributed by atoms with van der Waals surface area (Å²) < 4.78 is 79.0. The van der Waals surface area contributed by atoms with E-state index in [1.165, 1.54) is 44.9 Å². The Morgan fingerprint density at radius 3 is 1.46 bits per heavy atom. The molecule has 0 spiro atoms. The second kappa shape index (κ2) is 7.33. The molecule has 1 nitrogen and oxygen atoms in total. The summed E-state index contributed by atoms with van der Waals surface area (Å²) in [5.41, 5.74) is 0.218. The van der Waals surface area contributed by atoms with Crippen molar-refractivity contribution < 1.29 is 26.4 Å². The molecular weight excluding hydrogens is 475 g/mol. The Morgan fingerprint density at radius 2 is 1.00 bits per heavy atom. The molecule has 192 valence electrons. The lowest BCUT2D eigenvalue weighted by Crippen LogP contribution is -2.69. The lowest BCUT2D eigenvalue weighted by Gasteiger charge is -2.72. The van der Waals surface area contributed by atoms with Gasteiger partial charge in [0.25, 0.3) is 0 Å². The Labute approximate surface area is 205 Å². The molecule has 1 aromatic carbocycles. The van der Waals surface area contributed by atoms with Crippen LogP contribution in [0, 0.1) is 75.4 Å². The Kier molecular flexibility index (Phi) is 4.86. The van der Waals surface area contributed by atoms with Crippen molar-refractivity contribution in [2.45, 2.75) is 89.8 Å². The first kappa shape index (κ1) is 23.2. The fraction of sp³-hybridized carbons (Fsp3) is 0.786. The van der Waals surface area contributed by atoms with Crippen molar-refractivity contribution in [3.8, 4) is 0 Å². The standard InChI is InChI=1S/C28H35F5OSi/c1-35(2,25-23(32)21(30)20(29)22(31)24(25)33)34-26-19-7-17-6-18(8-19)13-28(26,12-17)27-9-14-3-15(10-27)5-16(4-14)11-27/h14-19,26H,3-13H2,1-2H3. The fourth-order valence-electron chi connectivity index (χ4n) is 11.2. The second-order valence-corrected chi connectivity index (χ2v) is 17.7. The van der Waals surface area contributed by atoms with E-state index in [9.17, 15) is 22.0 Å². The van der Waals surface area contributed by atoms with Crippen molar-refractivity contribution in [2.75, 3.05) is 0 Å². The first-order chi connectivity index (χ1) is 16.5. The molecule has 8 saturated carbocycles. The molecule has 0 saturated heterocycles. The predicted molar refractivity (Wildman–Crippen MR) is 125 cm³/mol. The fourth-order valence-corrected chi connectivity index (χ4v) is 13.6. The van der Waals surface area contributed by atoms with Gasteiger partial charge in [0.05, 0.1) is 6.10 Å². The highest BCUT2D eigenvalue weighted by atomic mass is 28.4. The average molecular weight is 511 g/mol. The van der Waals surface area contributed by atoms with E-state index in [0.29, 0.717) is 17.8 Å². The van der Waals surface area contributed by atoms with Crippen LogP contribution in [0.3, 0.4) is 0 Å². The molecule has 0 radical (unpaired) electrons. The molecule has 1 aromatic rings. The lowest BCUT2D eigenvalue weighted by molar-refractivity contribution is -0.247. The minimum Gasteiger partial charge on any atom is -0.409 e. The van der Waals surface area contributed by atoms with Crippen LogP contribution in [0.25, 0.3) is 0 Å². The third-order valence-electron chi connectivity index (χ3n) is 11.5. The van der Waals surface area contributed by atoms with Crippen molar-refractivity contribution in [1.82, 2.24) is 0 Å². The summed E-state index contributed by atoms with van der Waals surface area (Å²) in [5.74, 6) is -5.13. The van der Waals surface area contributed by atoms with Gasteiger partial charge in [-0.15, -0.1) is 0 Å². The van der Waals surface area contributed by atoms with Gasteiger partial charge in [-0.3, -0.25) is 0 Å². The molecule has 9 rings (SSSR count). The van der Waals surface area contributed by atoms with E-state index in [2.05, 4.69) is 0 Å². The van der Waals surface area contributed by atoms with E-state index in [0.717, 1.165) is 43.4 Å². The maximum atomic E-state index is 15.0. The normalized spacial score (nSPS) is 45.5. The molecule has 35 heavy (non-hydrogen) atoms. The largest absolute Gasteiger partial charge is 0.409 e. The zero-order chi connectivity index (χ0) is 24.5. The molecule has 3 atom stereocenters. The van der Waals surface area contributed by atoms with E-state index >= 15 is 0 Å². The summed E-state index contributed by atoms with van der Waals surface area (Å²) >= 11 is 0. The number of hydrogen-bond acceptors (Lipinski definition) is 1. The highest BCUT2D eigenvalue weighted by Gasteiger charge is 2.69. The van der Waals surface area contributed by atoms with Gasteiger partial charge >= 0.3 is 0 Å². The maximum absolute atomic E-state index is 15.0. The molecule has 0 aliphatic heterocycles. The van der Waals surface area contributed by atoms with Crippen molar-refractivity contribution in [1.29, 1.82) is 0 Å². The van der Waals surface area contributed by atoms with Crippen molar-refractivity contribution in [3.63, 3.8) is 0 Å². The third-order valence-corrected chi connectivity index (χ3v) is 14.0. The topological polar surface area (TPSA) is 9.23 Å². The van der Waals surface area contributed by atoms with E-state index in [1.54, 1.807) is 13.1 Å². The van der Waals surface area contributed by atoms with Gasteiger partial charge in [-0.25, -0.2) is 22.0 Å². The molecule has 8 fully saturated rings. The molecule has 0 heterocycles. The van der Waals surface area contributed by atoms with Crippen LogP contribution < -0.4 is 5.19 Å². The Balaban J connectivity index is 1.32. The van der Waals surface area contributed by atoms with Crippen LogP contribution in [-0.4, -0.2) is 14.4 Å².